The van der Waals surface area contributed by atoms with Gasteiger partial charge in [0, 0.05) is 40.7 Å². The summed E-state index contributed by atoms with van der Waals surface area (Å²) < 4.78 is 52.3. The van der Waals surface area contributed by atoms with Crippen LogP contribution in [0.1, 0.15) is 31.0 Å². The molecule has 0 radical (unpaired) electrons. The first-order chi connectivity index (χ1) is 17.7. The summed E-state index contributed by atoms with van der Waals surface area (Å²) in [5, 5.41) is 14.9. The lowest BCUT2D eigenvalue weighted by Gasteiger charge is -2.43. The number of nitrogens with one attached hydrogen (secondary N) is 1. The van der Waals surface area contributed by atoms with E-state index in [-0.39, 0.29) is 57.2 Å². The first-order valence-corrected chi connectivity index (χ1v) is 12.5. The fourth-order valence-electron chi connectivity index (χ4n) is 6.51. The van der Waals surface area contributed by atoms with Crippen molar-refractivity contribution in [2.75, 3.05) is 11.4 Å². The molecule has 2 aromatic heterocycles. The van der Waals surface area contributed by atoms with Gasteiger partial charge in [0.15, 0.2) is 17.5 Å². The van der Waals surface area contributed by atoms with E-state index >= 15 is 8.78 Å². The highest BCUT2D eigenvalue weighted by atomic mass is 19.2. The molecule has 2 saturated heterocycles. The summed E-state index contributed by atoms with van der Waals surface area (Å²) in [6.07, 6.45) is 1.77. The topological polar surface area (TPSA) is 70.5 Å². The minimum atomic E-state index is -1.13. The summed E-state index contributed by atoms with van der Waals surface area (Å²) in [5.74, 6) is -2.26. The van der Waals surface area contributed by atoms with Crippen LogP contribution in [-0.4, -0.2) is 45.8 Å². The quantitative estimate of drug-likeness (QED) is 0.366. The molecule has 4 aromatic rings. The van der Waals surface area contributed by atoms with Gasteiger partial charge < -0.3 is 20.1 Å². The normalized spacial score (nSPS) is 24.3. The van der Waals surface area contributed by atoms with Crippen LogP contribution in [0.3, 0.4) is 0 Å². The van der Waals surface area contributed by atoms with E-state index in [2.05, 4.69) is 15.2 Å². The van der Waals surface area contributed by atoms with E-state index in [4.69, 9.17) is 9.72 Å². The molecule has 6 nitrogen and oxygen atoms in total. The molecule has 190 valence electrons. The van der Waals surface area contributed by atoms with Crippen molar-refractivity contribution in [2.45, 2.75) is 57.8 Å². The van der Waals surface area contributed by atoms with Crippen LogP contribution in [0.4, 0.5) is 19.0 Å². The molecular formula is C28H25F3N4O2. The molecule has 2 aromatic carbocycles. The summed E-state index contributed by atoms with van der Waals surface area (Å²) in [6, 6.07) is 5.36. The van der Waals surface area contributed by atoms with E-state index in [0.717, 1.165) is 25.5 Å². The number of nitrogens with zero attached hydrogens (tertiary/aromatic N) is 3. The number of pyridine rings is 2. The summed E-state index contributed by atoms with van der Waals surface area (Å²) in [5.41, 5.74) is 1.03. The summed E-state index contributed by atoms with van der Waals surface area (Å²) in [7, 11) is 0. The Hall–Kier alpha value is -3.59. The number of fused-ring (bicyclic) bond motifs is 6. The number of aromatic hydroxyl groups is 1. The molecule has 9 heteroatoms. The fourth-order valence-corrected chi connectivity index (χ4v) is 6.51. The molecule has 5 heterocycles. The monoisotopic (exact) mass is 506 g/mol. The number of hydrogen-bond donors (Lipinski definition) is 2. The highest BCUT2D eigenvalue weighted by Gasteiger charge is 2.47. The Morgan fingerprint density at radius 2 is 1.84 bits per heavy atom. The molecule has 0 spiro atoms. The van der Waals surface area contributed by atoms with Crippen molar-refractivity contribution in [3.8, 4) is 22.9 Å². The van der Waals surface area contributed by atoms with Crippen LogP contribution in [0, 0.1) is 31.3 Å². The number of halogens is 3. The Morgan fingerprint density at radius 1 is 1.03 bits per heavy atom. The molecule has 3 aliphatic rings. The van der Waals surface area contributed by atoms with Gasteiger partial charge in [0.2, 0.25) is 5.88 Å². The Kier molecular flexibility index (Phi) is 4.71. The van der Waals surface area contributed by atoms with Gasteiger partial charge in [-0.1, -0.05) is 6.07 Å². The van der Waals surface area contributed by atoms with Gasteiger partial charge in [0.1, 0.15) is 23.4 Å². The van der Waals surface area contributed by atoms with Crippen molar-refractivity contribution < 1.29 is 23.0 Å². The highest BCUT2D eigenvalue weighted by Crippen LogP contribution is 2.46. The molecule has 4 atom stereocenters. The zero-order valence-corrected chi connectivity index (χ0v) is 20.6. The largest absolute Gasteiger partial charge is 0.508 e. The standard InChI is InChI=1S/C28H25F3N4O2/c1-11-12(2)32-27-22-20(11)24(31)25(17-9-16(36)8-14-4-6-18(29)23(30)21(14)17)34-28(22)37-13(3)26-19-7-5-15(33-19)10-35(26)27/h4,6,8-9,13,15,19,26,33,36H,5,7,10H2,1-3H3/t13-,15+,19-,26+/m0/s1. The van der Waals surface area contributed by atoms with Gasteiger partial charge in [-0.25, -0.2) is 23.1 Å². The van der Waals surface area contributed by atoms with E-state index < -0.39 is 17.5 Å². The van der Waals surface area contributed by atoms with Crippen molar-refractivity contribution in [1.82, 2.24) is 15.3 Å². The molecule has 37 heavy (non-hydrogen) atoms. The van der Waals surface area contributed by atoms with Gasteiger partial charge in [-0.2, -0.15) is 0 Å². The summed E-state index contributed by atoms with van der Waals surface area (Å²) >= 11 is 0. The third-order valence-electron chi connectivity index (χ3n) is 8.28. The lowest BCUT2D eigenvalue weighted by Crippen LogP contribution is -2.62. The van der Waals surface area contributed by atoms with E-state index in [1.807, 2.05) is 13.8 Å². The maximum Gasteiger partial charge on any atom is 0.226 e. The number of anilines is 1. The van der Waals surface area contributed by atoms with Gasteiger partial charge in [-0.15, -0.1) is 0 Å². The molecule has 2 fully saturated rings. The smallest absolute Gasteiger partial charge is 0.226 e. The van der Waals surface area contributed by atoms with Crippen LogP contribution in [0.5, 0.6) is 11.6 Å². The molecule has 2 N–H and O–H groups in total. The molecule has 3 aliphatic heterocycles. The zero-order valence-electron chi connectivity index (χ0n) is 20.6. The molecule has 0 amide bonds. The van der Waals surface area contributed by atoms with E-state index in [1.54, 1.807) is 6.92 Å². The van der Waals surface area contributed by atoms with Gasteiger partial charge >= 0.3 is 0 Å². The first-order valence-electron chi connectivity index (χ1n) is 12.5. The summed E-state index contributed by atoms with van der Waals surface area (Å²) in [6.45, 7) is 6.32. The molecule has 0 unspecified atom stereocenters. The SMILES string of the molecule is Cc1nc2c3c(nc(-c4cc(O)cc5ccc(F)c(F)c45)c(F)c3c1C)O[C@@H](C)[C@@H]1[C@@H]3CC[C@H](CN21)N3. The fraction of sp³-hybridized carbons (Fsp3) is 0.357. The van der Waals surface area contributed by atoms with Crippen LogP contribution < -0.4 is 15.0 Å². The number of ether oxygens (including phenoxy) is 1. The van der Waals surface area contributed by atoms with Crippen molar-refractivity contribution in [2.24, 2.45) is 0 Å². The molecule has 0 saturated carbocycles. The number of phenolic OH excluding ortho intramolecular Hbond substituents is 1. The minimum absolute atomic E-state index is 0.0228. The van der Waals surface area contributed by atoms with Gasteiger partial charge in [0.25, 0.3) is 0 Å². The van der Waals surface area contributed by atoms with Gasteiger partial charge in [0.05, 0.1) is 11.4 Å². The van der Waals surface area contributed by atoms with Gasteiger partial charge in [-0.05, 0) is 62.8 Å². The van der Waals surface area contributed by atoms with Crippen molar-refractivity contribution >= 4 is 27.4 Å². The second-order valence-corrected chi connectivity index (χ2v) is 10.4. The Balaban J connectivity index is 1.57. The maximum atomic E-state index is 16.6. The minimum Gasteiger partial charge on any atom is -0.508 e. The van der Waals surface area contributed by atoms with E-state index in [1.165, 1.54) is 18.2 Å². The molecule has 0 aliphatic carbocycles. The maximum absolute atomic E-state index is 16.6. The van der Waals surface area contributed by atoms with Crippen LogP contribution in [0.25, 0.3) is 32.8 Å². The predicted octanol–water partition coefficient (Wildman–Crippen LogP) is 5.28. The van der Waals surface area contributed by atoms with Gasteiger partial charge in [-0.3, -0.25) is 0 Å². The van der Waals surface area contributed by atoms with Crippen LogP contribution >= 0.6 is 0 Å². The third-order valence-corrected chi connectivity index (χ3v) is 8.28. The highest BCUT2D eigenvalue weighted by molar-refractivity contribution is 6.04. The average molecular weight is 507 g/mol. The third kappa shape index (κ3) is 3.09. The lowest BCUT2D eigenvalue weighted by molar-refractivity contribution is 0.155. The number of benzene rings is 2. The number of rotatable bonds is 1. The molecule has 7 rings (SSSR count). The zero-order chi connectivity index (χ0) is 25.7. The van der Waals surface area contributed by atoms with Crippen LogP contribution in [0.2, 0.25) is 0 Å². The Labute approximate surface area is 211 Å². The number of phenols is 1. The van der Waals surface area contributed by atoms with Crippen molar-refractivity contribution in [3.63, 3.8) is 0 Å². The number of aromatic nitrogens is 2. The van der Waals surface area contributed by atoms with Crippen molar-refractivity contribution in [3.05, 3.63) is 53.0 Å². The molecular weight excluding hydrogens is 481 g/mol. The second-order valence-electron chi connectivity index (χ2n) is 10.4. The Morgan fingerprint density at radius 3 is 2.65 bits per heavy atom. The second kappa shape index (κ2) is 7.71. The van der Waals surface area contributed by atoms with Crippen molar-refractivity contribution in [1.29, 1.82) is 0 Å². The summed E-state index contributed by atoms with van der Waals surface area (Å²) in [4.78, 5) is 11.7. The molecule has 2 bridgehead atoms. The number of hydrogen-bond acceptors (Lipinski definition) is 6. The number of aryl methyl sites for hydroxylation is 2. The predicted molar refractivity (Wildman–Crippen MR) is 135 cm³/mol. The lowest BCUT2D eigenvalue weighted by atomic mass is 9.96. The van der Waals surface area contributed by atoms with Crippen LogP contribution in [0.15, 0.2) is 24.3 Å². The Bertz CT molecular complexity index is 1640. The van der Waals surface area contributed by atoms with E-state index in [0.29, 0.717) is 28.5 Å². The average Bonchev–Trinajstić information content (AvgIpc) is 3.19. The first kappa shape index (κ1) is 22.6. The number of piperazine rings is 1. The van der Waals surface area contributed by atoms with Crippen LogP contribution in [-0.2, 0) is 0 Å². The van der Waals surface area contributed by atoms with E-state index in [9.17, 15) is 9.50 Å².